The van der Waals surface area contributed by atoms with E-state index in [2.05, 4.69) is 15.9 Å². The number of benzene rings is 1. The molecule has 0 saturated heterocycles. The summed E-state index contributed by atoms with van der Waals surface area (Å²) in [6.07, 6.45) is 0. The Hall–Kier alpha value is -0.650. The number of hydrogen-bond donors (Lipinski definition) is 1. The Bertz CT molecular complexity index is 641. The molecule has 0 aliphatic rings. The van der Waals surface area contributed by atoms with Crippen LogP contribution in [-0.4, -0.2) is 32.9 Å². The Balaban J connectivity index is 0.00000400. The minimum Gasteiger partial charge on any atom is -0.330 e. The third-order valence-electron chi connectivity index (χ3n) is 2.91. The van der Waals surface area contributed by atoms with Crippen molar-refractivity contribution in [3.8, 4) is 6.07 Å². The zero-order valence-electron chi connectivity index (χ0n) is 12.1. The van der Waals surface area contributed by atoms with E-state index >= 15 is 0 Å². The first-order valence-electron chi connectivity index (χ1n) is 5.99. The predicted octanol–water partition coefficient (Wildman–Crippen LogP) is 2.35. The van der Waals surface area contributed by atoms with Crippen molar-refractivity contribution in [2.75, 3.05) is 20.1 Å². The van der Waals surface area contributed by atoms with Gasteiger partial charge in [0.1, 0.15) is 0 Å². The van der Waals surface area contributed by atoms with Gasteiger partial charge in [-0.3, -0.25) is 0 Å². The van der Waals surface area contributed by atoms with E-state index in [9.17, 15) is 8.42 Å². The maximum Gasteiger partial charge on any atom is 0.242 e. The van der Waals surface area contributed by atoms with Crippen LogP contribution in [0.3, 0.4) is 0 Å². The van der Waals surface area contributed by atoms with E-state index in [4.69, 9.17) is 11.0 Å². The molecule has 0 unspecified atom stereocenters. The van der Waals surface area contributed by atoms with Crippen molar-refractivity contribution in [1.82, 2.24) is 4.31 Å². The molecule has 0 spiro atoms. The van der Waals surface area contributed by atoms with E-state index in [1.165, 1.54) is 23.5 Å². The van der Waals surface area contributed by atoms with Crippen LogP contribution in [0.2, 0.25) is 0 Å². The summed E-state index contributed by atoms with van der Waals surface area (Å²) in [6, 6.07) is 6.37. The van der Waals surface area contributed by atoms with Crippen LogP contribution in [0.25, 0.3) is 0 Å². The average Bonchev–Trinajstić information content (AvgIpc) is 2.37. The zero-order chi connectivity index (χ0) is 15.6. The minimum absolute atomic E-state index is 0. The standard InChI is InChI=1S/C13H18BrN3O2S.ClH/c1-13(2,8-16)9-17(3)20(18,19)12-5-10(7-15)4-11(14)6-12;/h4-6H,8-9,16H2,1-3H3;1H. The maximum absolute atomic E-state index is 12.5. The number of sulfonamides is 1. The third kappa shape index (κ3) is 5.24. The van der Waals surface area contributed by atoms with E-state index in [0.717, 1.165) is 0 Å². The van der Waals surface area contributed by atoms with Crippen LogP contribution in [0.5, 0.6) is 0 Å². The van der Waals surface area contributed by atoms with Gasteiger partial charge in [0.05, 0.1) is 16.5 Å². The molecule has 1 rings (SSSR count). The highest BCUT2D eigenvalue weighted by Gasteiger charge is 2.27. The lowest BCUT2D eigenvalue weighted by atomic mass is 9.94. The Kier molecular flexibility index (Phi) is 7.33. The van der Waals surface area contributed by atoms with E-state index in [1.54, 1.807) is 6.07 Å². The summed E-state index contributed by atoms with van der Waals surface area (Å²) in [5.74, 6) is 0. The lowest BCUT2D eigenvalue weighted by Crippen LogP contribution is -2.39. The molecular weight excluding hydrogens is 378 g/mol. The molecule has 0 aromatic heterocycles. The van der Waals surface area contributed by atoms with Crippen molar-refractivity contribution in [3.05, 3.63) is 28.2 Å². The third-order valence-corrected chi connectivity index (χ3v) is 5.15. The fourth-order valence-corrected chi connectivity index (χ4v) is 3.78. The quantitative estimate of drug-likeness (QED) is 0.827. The highest BCUT2D eigenvalue weighted by molar-refractivity contribution is 9.10. The molecule has 1 aromatic rings. The van der Waals surface area contributed by atoms with Crippen molar-refractivity contribution < 1.29 is 8.42 Å². The molecular formula is C13H19BrClN3O2S. The summed E-state index contributed by atoms with van der Waals surface area (Å²) in [4.78, 5) is 0.0961. The molecule has 0 heterocycles. The van der Waals surface area contributed by atoms with Crippen molar-refractivity contribution in [3.63, 3.8) is 0 Å². The predicted molar refractivity (Wildman–Crippen MR) is 88.8 cm³/mol. The zero-order valence-corrected chi connectivity index (χ0v) is 15.3. The first-order valence-corrected chi connectivity index (χ1v) is 8.23. The number of halogens is 2. The van der Waals surface area contributed by atoms with Crippen LogP contribution in [0.4, 0.5) is 0 Å². The second-order valence-corrected chi connectivity index (χ2v) is 8.38. The molecule has 1 aromatic carbocycles. The summed E-state index contributed by atoms with van der Waals surface area (Å²) in [5.41, 5.74) is 5.62. The molecule has 0 amide bonds. The summed E-state index contributed by atoms with van der Waals surface area (Å²) in [6.45, 7) is 4.50. The number of nitriles is 1. The summed E-state index contributed by atoms with van der Waals surface area (Å²) < 4.78 is 26.8. The highest BCUT2D eigenvalue weighted by Crippen LogP contribution is 2.24. The second kappa shape index (κ2) is 7.56. The molecule has 2 N–H and O–H groups in total. The Morgan fingerprint density at radius 1 is 1.38 bits per heavy atom. The van der Waals surface area contributed by atoms with Crippen LogP contribution >= 0.6 is 28.3 Å². The van der Waals surface area contributed by atoms with Crippen LogP contribution < -0.4 is 5.73 Å². The van der Waals surface area contributed by atoms with Crippen LogP contribution in [-0.2, 0) is 10.0 Å². The molecule has 8 heteroatoms. The van der Waals surface area contributed by atoms with Gasteiger partial charge in [0.25, 0.3) is 0 Å². The minimum atomic E-state index is -3.64. The number of nitrogens with zero attached hydrogens (tertiary/aromatic N) is 2. The van der Waals surface area contributed by atoms with E-state index in [0.29, 0.717) is 23.1 Å². The summed E-state index contributed by atoms with van der Waals surface area (Å²) in [5, 5.41) is 8.92. The lowest BCUT2D eigenvalue weighted by Gasteiger charge is -2.28. The van der Waals surface area contributed by atoms with Gasteiger partial charge >= 0.3 is 0 Å². The molecule has 0 aliphatic carbocycles. The smallest absolute Gasteiger partial charge is 0.242 e. The molecule has 0 fully saturated rings. The van der Waals surface area contributed by atoms with Gasteiger partial charge in [0.15, 0.2) is 0 Å². The molecule has 5 nitrogen and oxygen atoms in total. The van der Waals surface area contributed by atoms with Gasteiger partial charge < -0.3 is 5.73 Å². The Morgan fingerprint density at radius 3 is 2.43 bits per heavy atom. The van der Waals surface area contributed by atoms with Gasteiger partial charge in [0.2, 0.25) is 10.0 Å². The molecule has 0 radical (unpaired) electrons. The normalized spacial score (nSPS) is 11.9. The van der Waals surface area contributed by atoms with E-state index in [-0.39, 0.29) is 22.7 Å². The van der Waals surface area contributed by atoms with E-state index < -0.39 is 10.0 Å². The number of rotatable bonds is 5. The largest absolute Gasteiger partial charge is 0.330 e. The van der Waals surface area contributed by atoms with Gasteiger partial charge in [-0.25, -0.2) is 12.7 Å². The molecule has 21 heavy (non-hydrogen) atoms. The van der Waals surface area contributed by atoms with E-state index in [1.807, 2.05) is 19.9 Å². The lowest BCUT2D eigenvalue weighted by molar-refractivity contribution is 0.292. The number of nitrogens with two attached hydrogens (primary N) is 1. The summed E-state index contributed by atoms with van der Waals surface area (Å²) in [7, 11) is -2.13. The fourth-order valence-electron chi connectivity index (χ4n) is 1.71. The van der Waals surface area contributed by atoms with Crippen molar-refractivity contribution in [2.45, 2.75) is 18.7 Å². The van der Waals surface area contributed by atoms with Crippen LogP contribution in [0.1, 0.15) is 19.4 Å². The number of hydrogen-bond acceptors (Lipinski definition) is 4. The van der Waals surface area contributed by atoms with Gasteiger partial charge in [-0.2, -0.15) is 5.26 Å². The molecule has 0 saturated carbocycles. The first-order chi connectivity index (χ1) is 9.12. The van der Waals surface area contributed by atoms with Crippen molar-refractivity contribution >= 4 is 38.4 Å². The monoisotopic (exact) mass is 395 g/mol. The Labute approximate surface area is 140 Å². The van der Waals surface area contributed by atoms with Crippen molar-refractivity contribution in [2.24, 2.45) is 11.1 Å². The van der Waals surface area contributed by atoms with Crippen LogP contribution in [0.15, 0.2) is 27.6 Å². The molecule has 0 atom stereocenters. The van der Waals surface area contributed by atoms with Gasteiger partial charge in [0, 0.05) is 18.1 Å². The molecule has 0 bridgehead atoms. The first kappa shape index (κ1) is 20.3. The van der Waals surface area contributed by atoms with Crippen LogP contribution in [0, 0.1) is 16.7 Å². The molecule has 118 valence electrons. The molecule has 0 aliphatic heterocycles. The topological polar surface area (TPSA) is 87.2 Å². The van der Waals surface area contributed by atoms with Gasteiger partial charge in [-0.15, -0.1) is 12.4 Å². The summed E-state index contributed by atoms with van der Waals surface area (Å²) >= 11 is 3.22. The maximum atomic E-state index is 12.5. The Morgan fingerprint density at radius 2 is 1.95 bits per heavy atom. The SMILES string of the molecule is CN(CC(C)(C)CN)S(=O)(=O)c1cc(Br)cc(C#N)c1.Cl. The van der Waals surface area contributed by atoms with Gasteiger partial charge in [-0.1, -0.05) is 29.8 Å². The average molecular weight is 397 g/mol. The fraction of sp³-hybridized carbons (Fsp3) is 0.462. The second-order valence-electron chi connectivity index (χ2n) is 5.42. The van der Waals surface area contributed by atoms with Crippen molar-refractivity contribution in [1.29, 1.82) is 5.26 Å². The highest BCUT2D eigenvalue weighted by atomic mass is 79.9. The van der Waals surface area contributed by atoms with Gasteiger partial charge in [-0.05, 0) is 30.2 Å².